The van der Waals surface area contributed by atoms with Crippen LogP contribution in [0.25, 0.3) is 10.8 Å². The molecule has 3 aliphatic heterocycles. The van der Waals surface area contributed by atoms with Crippen LogP contribution >= 0.6 is 0 Å². The van der Waals surface area contributed by atoms with E-state index in [9.17, 15) is 27.6 Å². The molecule has 58 heavy (non-hydrogen) atoms. The van der Waals surface area contributed by atoms with Gasteiger partial charge in [-0.05, 0) is 96.3 Å². The number of hydrogen-bond donors (Lipinski definition) is 3. The first-order valence-corrected chi connectivity index (χ1v) is 22.1. The van der Waals surface area contributed by atoms with Gasteiger partial charge in [0, 0.05) is 48.1 Å². The number of nitrogens with one attached hydrogen (secondary N) is 3. The molecule has 0 unspecified atom stereocenters. The maximum Gasteiger partial charge on any atom is 0.408 e. The van der Waals surface area contributed by atoms with Crippen molar-refractivity contribution in [3.8, 4) is 5.88 Å². The average Bonchev–Trinajstić information content (AvgIpc) is 4.05. The van der Waals surface area contributed by atoms with E-state index in [1.54, 1.807) is 33.9 Å². The van der Waals surface area contributed by atoms with E-state index in [0.717, 1.165) is 36.0 Å². The van der Waals surface area contributed by atoms with Crippen molar-refractivity contribution in [3.63, 3.8) is 0 Å². The minimum atomic E-state index is -4.00. The van der Waals surface area contributed by atoms with Gasteiger partial charge in [0.2, 0.25) is 27.7 Å². The lowest BCUT2D eigenvalue weighted by molar-refractivity contribution is -0.142. The molecule has 16 heteroatoms. The first-order valence-electron chi connectivity index (χ1n) is 20.6. The summed E-state index contributed by atoms with van der Waals surface area (Å²) in [6.45, 7) is 13.5. The van der Waals surface area contributed by atoms with Gasteiger partial charge in [-0.3, -0.25) is 19.1 Å². The van der Waals surface area contributed by atoms with Crippen molar-refractivity contribution in [2.24, 2.45) is 17.8 Å². The Balaban J connectivity index is 1.22. The van der Waals surface area contributed by atoms with Gasteiger partial charge in [-0.2, -0.15) is 0 Å². The van der Waals surface area contributed by atoms with E-state index in [4.69, 9.17) is 14.2 Å². The van der Waals surface area contributed by atoms with Gasteiger partial charge < -0.3 is 34.6 Å². The summed E-state index contributed by atoms with van der Waals surface area (Å²) < 4.78 is 45.5. The Morgan fingerprint density at radius 2 is 1.79 bits per heavy atom. The second-order valence-electron chi connectivity index (χ2n) is 18.2. The van der Waals surface area contributed by atoms with Gasteiger partial charge >= 0.3 is 6.09 Å². The Labute approximate surface area is 341 Å². The highest BCUT2D eigenvalue weighted by Crippen LogP contribution is 2.48. The molecular weight excluding hydrogens is 765 g/mol. The van der Waals surface area contributed by atoms with Crippen LogP contribution in [0.4, 0.5) is 10.5 Å². The molecule has 0 bridgehead atoms. The molecule has 1 aromatic heterocycles. The van der Waals surface area contributed by atoms with Crippen LogP contribution in [-0.2, 0) is 33.9 Å². The first kappa shape index (κ1) is 41.7. The molecule has 1 aromatic carbocycles. The van der Waals surface area contributed by atoms with Crippen molar-refractivity contribution in [3.05, 3.63) is 42.6 Å². The molecule has 3 N–H and O–H groups in total. The fourth-order valence-electron chi connectivity index (χ4n) is 8.53. The lowest BCUT2D eigenvalue weighted by Crippen LogP contribution is -2.59. The highest BCUT2D eigenvalue weighted by molar-refractivity contribution is 7.91. The molecule has 0 radical (unpaired) electrons. The zero-order valence-electron chi connectivity index (χ0n) is 34.4. The van der Waals surface area contributed by atoms with Crippen molar-refractivity contribution in [2.75, 3.05) is 37.7 Å². The number of hydrogen-bond acceptors (Lipinski definition) is 11. The Morgan fingerprint density at radius 3 is 2.50 bits per heavy atom. The SMILES string of the molecule is C[C@@H]1CC/C=C\[C@@H]2C[C@@]2(C(=O)NS(=O)(=O)C2(C)CC2)NC(=O)[C@@H]2C[C@@H](Oc3nccc4c(N5CCOCC5)cccc34)CN2C(=O)[C@@H](NC(=O)OC(C)(C)C)[C@H](C)C1. The standard InChI is InChI=1S/C42H58N6O9S/c1-26-10-7-8-11-28-24-42(28,38(51)46-58(53,54)41(6)15-16-41)45-35(49)33-23-29(25-48(33)37(50)34(27(2)22-26)44-39(52)57-40(3,4)5)56-36-31-12-9-13-32(30(31)14-17-43-36)47-18-20-55-21-19-47/h8-9,11-14,17,26-29,33-34H,7,10,15-16,18-25H2,1-6H3,(H,44,52)(H,45,49)(H,46,51)/b11-8-/t26-,27-,28-,29-,33+,34+,42-/m1/s1. The predicted molar refractivity (Wildman–Crippen MR) is 217 cm³/mol. The maximum atomic E-state index is 14.9. The fourth-order valence-corrected chi connectivity index (χ4v) is 9.84. The Bertz CT molecular complexity index is 2060. The molecule has 2 aromatic rings. The number of benzene rings is 1. The number of aromatic nitrogens is 1. The molecule has 316 valence electrons. The summed E-state index contributed by atoms with van der Waals surface area (Å²) in [5.74, 6) is -2.18. The Hall–Kier alpha value is -4.44. The second kappa shape index (κ2) is 16.0. The largest absolute Gasteiger partial charge is 0.472 e. The van der Waals surface area contributed by atoms with Crippen LogP contribution in [-0.4, -0.2) is 109 Å². The molecule has 4 amide bonds. The summed E-state index contributed by atoms with van der Waals surface area (Å²) in [5, 5.41) is 7.47. The molecule has 15 nitrogen and oxygen atoms in total. The number of sulfonamides is 1. The summed E-state index contributed by atoms with van der Waals surface area (Å²) in [7, 11) is -4.00. The number of fused-ring (bicyclic) bond motifs is 3. The number of rotatable bonds is 7. The molecule has 2 saturated carbocycles. The normalized spacial score (nSPS) is 30.8. The number of pyridine rings is 1. The van der Waals surface area contributed by atoms with E-state index < -0.39 is 73.8 Å². The van der Waals surface area contributed by atoms with Crippen LogP contribution in [0.5, 0.6) is 5.88 Å². The van der Waals surface area contributed by atoms with Crippen LogP contribution in [0.2, 0.25) is 0 Å². The Kier molecular flexibility index (Phi) is 11.5. The van der Waals surface area contributed by atoms with Gasteiger partial charge in [-0.1, -0.05) is 32.1 Å². The number of ether oxygens (including phenoxy) is 3. The third-order valence-electron chi connectivity index (χ3n) is 12.3. The highest BCUT2D eigenvalue weighted by atomic mass is 32.2. The molecular formula is C42H58N6O9S. The molecule has 7 atom stereocenters. The van der Waals surface area contributed by atoms with E-state index in [-0.39, 0.29) is 31.2 Å². The zero-order valence-corrected chi connectivity index (χ0v) is 35.2. The predicted octanol–water partition coefficient (Wildman–Crippen LogP) is 4.20. The Morgan fingerprint density at radius 1 is 1.05 bits per heavy atom. The average molecular weight is 823 g/mol. The minimum Gasteiger partial charge on any atom is -0.472 e. The summed E-state index contributed by atoms with van der Waals surface area (Å²) in [6, 6.07) is 5.69. The van der Waals surface area contributed by atoms with E-state index in [0.29, 0.717) is 44.8 Å². The molecule has 5 aliphatic rings. The van der Waals surface area contributed by atoms with Crippen molar-refractivity contribution in [1.29, 1.82) is 0 Å². The van der Waals surface area contributed by atoms with E-state index in [2.05, 4.69) is 38.2 Å². The lowest BCUT2D eigenvalue weighted by atomic mass is 9.88. The van der Waals surface area contributed by atoms with Gasteiger partial charge in [0.1, 0.15) is 29.3 Å². The monoisotopic (exact) mass is 822 g/mol. The van der Waals surface area contributed by atoms with Gasteiger partial charge in [-0.25, -0.2) is 18.2 Å². The molecule has 0 spiro atoms. The number of allylic oxidation sites excluding steroid dienone is 1. The highest BCUT2D eigenvalue weighted by Gasteiger charge is 2.63. The van der Waals surface area contributed by atoms with E-state index in [1.165, 1.54) is 4.90 Å². The van der Waals surface area contributed by atoms with Crippen molar-refractivity contribution < 1.29 is 41.8 Å². The third-order valence-corrected chi connectivity index (χ3v) is 14.5. The van der Waals surface area contributed by atoms with Crippen LogP contribution in [0.3, 0.4) is 0 Å². The molecule has 2 aliphatic carbocycles. The van der Waals surface area contributed by atoms with Gasteiger partial charge in [0.15, 0.2) is 0 Å². The topological polar surface area (TPSA) is 186 Å². The number of alkyl carbamates (subject to hydrolysis) is 1. The summed E-state index contributed by atoms with van der Waals surface area (Å²) in [6.07, 6.45) is 7.26. The molecule has 4 heterocycles. The number of carbonyl (C=O) groups excluding carboxylic acids is 4. The first-order chi connectivity index (χ1) is 27.4. The smallest absolute Gasteiger partial charge is 0.408 e. The van der Waals surface area contributed by atoms with E-state index >= 15 is 0 Å². The van der Waals surface area contributed by atoms with Gasteiger partial charge in [-0.15, -0.1) is 0 Å². The number of amides is 4. The molecule has 4 fully saturated rings. The van der Waals surface area contributed by atoms with Crippen molar-refractivity contribution in [2.45, 2.75) is 121 Å². The lowest BCUT2D eigenvalue weighted by Gasteiger charge is -2.33. The van der Waals surface area contributed by atoms with Crippen LogP contribution < -0.4 is 25.0 Å². The van der Waals surface area contributed by atoms with Crippen molar-refractivity contribution in [1.82, 2.24) is 25.2 Å². The maximum absolute atomic E-state index is 14.9. The summed E-state index contributed by atoms with van der Waals surface area (Å²) in [4.78, 5) is 65.0. The number of carbonyl (C=O) groups is 4. The van der Waals surface area contributed by atoms with Crippen LogP contribution in [0.1, 0.15) is 86.5 Å². The molecule has 7 rings (SSSR count). The quantitative estimate of drug-likeness (QED) is 0.340. The number of nitrogens with zero attached hydrogens (tertiary/aromatic N) is 3. The van der Waals surface area contributed by atoms with Gasteiger partial charge in [0.25, 0.3) is 5.91 Å². The van der Waals surface area contributed by atoms with Crippen LogP contribution in [0, 0.1) is 17.8 Å². The third kappa shape index (κ3) is 8.77. The van der Waals surface area contributed by atoms with Gasteiger partial charge in [0.05, 0.1) is 24.5 Å². The fraction of sp³-hybridized carbons (Fsp3) is 0.643. The second-order valence-corrected chi connectivity index (χ2v) is 20.4. The number of anilines is 1. The van der Waals surface area contributed by atoms with Crippen LogP contribution in [0.15, 0.2) is 42.6 Å². The molecule has 2 saturated heterocycles. The summed E-state index contributed by atoms with van der Waals surface area (Å²) >= 11 is 0. The summed E-state index contributed by atoms with van der Waals surface area (Å²) in [5.41, 5.74) is -1.33. The van der Waals surface area contributed by atoms with Crippen molar-refractivity contribution >= 4 is 50.3 Å². The number of morpholine rings is 1. The minimum absolute atomic E-state index is 0.0117. The van der Waals surface area contributed by atoms with E-state index in [1.807, 2.05) is 37.3 Å². The zero-order chi connectivity index (χ0) is 41.6.